The van der Waals surface area contributed by atoms with E-state index in [-0.39, 0.29) is 13.4 Å². The fourth-order valence-corrected chi connectivity index (χ4v) is 12.2. The highest BCUT2D eigenvalue weighted by molar-refractivity contribution is 7.02. The fourth-order valence-electron chi connectivity index (χ4n) is 12.2. The lowest BCUT2D eigenvalue weighted by atomic mass is 9.31. The molecule has 0 fully saturated rings. The van der Waals surface area contributed by atoms with Crippen molar-refractivity contribution >= 4 is 80.3 Å². The molecule has 4 aliphatic rings. The number of nitrogens with zero attached hydrogens (tertiary/aromatic N) is 2. The number of anilines is 6. The summed E-state index contributed by atoms with van der Waals surface area (Å²) in [5.41, 5.74) is 26.4. The van der Waals surface area contributed by atoms with Gasteiger partial charge in [0, 0.05) is 40.2 Å². The number of ether oxygens (including phenoxy) is 2. The highest BCUT2D eigenvalue weighted by Gasteiger charge is 2.47. The molecule has 0 bridgehead atoms. The van der Waals surface area contributed by atoms with E-state index in [1.165, 1.54) is 77.7 Å². The predicted molar refractivity (Wildman–Crippen MR) is 277 cm³/mol. The van der Waals surface area contributed by atoms with Crippen molar-refractivity contribution in [2.75, 3.05) is 9.80 Å². The van der Waals surface area contributed by atoms with E-state index in [1.54, 1.807) is 0 Å². The maximum atomic E-state index is 7.31. The van der Waals surface area contributed by atoms with Gasteiger partial charge in [-0.15, -0.1) is 0 Å². The quantitative estimate of drug-likeness (QED) is 0.165. The minimum absolute atomic E-state index is 0.0788. The normalized spacial score (nSPS) is 13.4. The van der Waals surface area contributed by atoms with E-state index in [1.807, 2.05) is 0 Å². The van der Waals surface area contributed by atoms with E-state index in [0.717, 1.165) is 67.8 Å². The summed E-state index contributed by atoms with van der Waals surface area (Å²) in [6, 6.07) is 62.6. The summed E-state index contributed by atoms with van der Waals surface area (Å²) in [7, 11) is 0. The molecule has 4 nitrogen and oxygen atoms in total. The Hall–Kier alpha value is -7.69. The molecular weight excluding hydrogens is 802 g/mol. The Kier molecular flexibility index (Phi) is 8.46. The van der Waals surface area contributed by atoms with Gasteiger partial charge in [0.1, 0.15) is 23.0 Å². The molecule has 9 aromatic rings. The van der Waals surface area contributed by atoms with Gasteiger partial charge in [-0.3, -0.25) is 0 Å². The summed E-state index contributed by atoms with van der Waals surface area (Å²) < 4.78 is 14.6. The molecule has 0 N–H and O–H groups in total. The molecule has 0 atom stereocenters. The zero-order valence-corrected chi connectivity index (χ0v) is 38.0. The van der Waals surface area contributed by atoms with Crippen LogP contribution in [0.4, 0.5) is 34.1 Å². The first-order chi connectivity index (χ1) is 32.2. The van der Waals surface area contributed by atoms with E-state index in [0.29, 0.717) is 0 Å². The van der Waals surface area contributed by atoms with Crippen LogP contribution in [0.15, 0.2) is 170 Å². The second-order valence-electron chi connectivity index (χ2n) is 18.8. The molecule has 0 amide bonds. The van der Waals surface area contributed by atoms with Gasteiger partial charge >= 0.3 is 0 Å². The van der Waals surface area contributed by atoms with E-state index in [4.69, 9.17) is 9.47 Å². The summed E-state index contributed by atoms with van der Waals surface area (Å²) in [6.45, 7) is 13.1. The van der Waals surface area contributed by atoms with Crippen molar-refractivity contribution in [3.63, 3.8) is 0 Å². The number of rotatable bonds is 4. The Morgan fingerprint density at radius 3 is 1.12 bits per heavy atom. The molecule has 0 aliphatic carbocycles. The number of aryl methyl sites for hydroxylation is 6. The molecule has 0 saturated carbocycles. The highest BCUT2D eigenvalue weighted by Crippen LogP contribution is 2.47. The van der Waals surface area contributed by atoms with Crippen LogP contribution in [-0.4, -0.2) is 13.4 Å². The molecule has 6 heteroatoms. The van der Waals surface area contributed by atoms with Gasteiger partial charge in [-0.1, -0.05) is 114 Å². The van der Waals surface area contributed by atoms with E-state index in [2.05, 4.69) is 221 Å². The van der Waals surface area contributed by atoms with E-state index < -0.39 is 0 Å². The Labute approximate surface area is 387 Å². The van der Waals surface area contributed by atoms with Gasteiger partial charge in [-0.2, -0.15) is 0 Å². The lowest BCUT2D eigenvalue weighted by molar-refractivity contribution is 0.466. The van der Waals surface area contributed by atoms with Gasteiger partial charge in [0.15, 0.2) is 0 Å². The molecule has 66 heavy (non-hydrogen) atoms. The van der Waals surface area contributed by atoms with Gasteiger partial charge in [0.2, 0.25) is 0 Å². The second-order valence-corrected chi connectivity index (χ2v) is 18.8. The Bertz CT molecular complexity index is 3250. The molecule has 9 aromatic carbocycles. The molecule has 4 heterocycles. The van der Waals surface area contributed by atoms with Crippen molar-refractivity contribution in [2.45, 2.75) is 41.5 Å². The fraction of sp³-hybridized carbons (Fsp3) is 0.100. The maximum absolute atomic E-state index is 7.31. The molecule has 0 unspecified atom stereocenters. The van der Waals surface area contributed by atoms with Gasteiger partial charge in [0.25, 0.3) is 13.4 Å². The predicted octanol–water partition coefficient (Wildman–Crippen LogP) is 11.7. The number of hydrogen-bond donors (Lipinski definition) is 0. The van der Waals surface area contributed by atoms with Crippen molar-refractivity contribution in [3.05, 3.63) is 203 Å². The smallest absolute Gasteiger partial charge is 0.256 e. The summed E-state index contributed by atoms with van der Waals surface area (Å²) in [6.07, 6.45) is 0. The van der Waals surface area contributed by atoms with Crippen molar-refractivity contribution < 1.29 is 9.47 Å². The molecule has 0 aromatic heterocycles. The summed E-state index contributed by atoms with van der Waals surface area (Å²) >= 11 is 0. The summed E-state index contributed by atoms with van der Waals surface area (Å²) in [4.78, 5) is 4.88. The molecule has 0 saturated heterocycles. The van der Waals surface area contributed by atoms with Crippen LogP contribution in [0.25, 0.3) is 22.3 Å². The average molecular weight is 849 g/mol. The highest BCUT2D eigenvalue weighted by atomic mass is 16.5. The maximum Gasteiger partial charge on any atom is 0.256 e. The molecule has 13 rings (SSSR count). The van der Waals surface area contributed by atoms with Crippen molar-refractivity contribution in [1.29, 1.82) is 0 Å². The Balaban J connectivity index is 1.06. The minimum Gasteiger partial charge on any atom is -0.458 e. The summed E-state index contributed by atoms with van der Waals surface area (Å²) in [5.74, 6) is 3.41. The largest absolute Gasteiger partial charge is 0.458 e. The standard InChI is InChI=1S/C60H46B2N2O2/c1-35-25-37(3)57(38(4)26-35)41-29-51-59-55(31-41)65-53-34-54-48(33-47(53)61(59)45-21-13-15-23-49(45)63(51)43-17-9-7-10-18-43)62-46-22-14-16-24-50(46)64(44-19-11-8-12-20-44)52-30-42(32-56(66-54)60(52)62)58-39(5)27-36(2)28-40(58)6/h7-34H,1-6H3. The number of hydrogen-bond acceptors (Lipinski definition) is 4. The Morgan fingerprint density at radius 2 is 0.712 bits per heavy atom. The monoisotopic (exact) mass is 848 g/mol. The zero-order valence-electron chi connectivity index (χ0n) is 38.0. The van der Waals surface area contributed by atoms with Crippen molar-refractivity contribution in [2.24, 2.45) is 0 Å². The molecule has 0 radical (unpaired) electrons. The second kappa shape index (κ2) is 14.4. The van der Waals surface area contributed by atoms with Crippen LogP contribution in [0.1, 0.15) is 33.4 Å². The van der Waals surface area contributed by atoms with Gasteiger partial charge < -0.3 is 19.3 Å². The lowest BCUT2D eigenvalue weighted by Gasteiger charge is -2.42. The topological polar surface area (TPSA) is 24.9 Å². The van der Waals surface area contributed by atoms with Crippen molar-refractivity contribution in [1.82, 2.24) is 0 Å². The number of para-hydroxylation sites is 4. The van der Waals surface area contributed by atoms with E-state index in [9.17, 15) is 0 Å². The van der Waals surface area contributed by atoms with Crippen LogP contribution in [0.3, 0.4) is 0 Å². The van der Waals surface area contributed by atoms with Crippen LogP contribution in [0.5, 0.6) is 23.0 Å². The third-order valence-electron chi connectivity index (χ3n) is 14.4. The lowest BCUT2D eigenvalue weighted by Crippen LogP contribution is -2.63. The van der Waals surface area contributed by atoms with Crippen LogP contribution in [0, 0.1) is 41.5 Å². The first kappa shape index (κ1) is 38.7. The SMILES string of the molecule is Cc1cc(C)c(-c2cc3c4c(c2)N(c2ccccc2)c2ccccc2B4c2cc4c(cc2O3)Oc2cc(-c3c(C)cc(C)cc3C)cc3c2B4c2ccccc2N3c2ccccc2)c(C)c1. The average Bonchev–Trinajstić information content (AvgIpc) is 3.30. The number of benzene rings is 9. The molecule has 314 valence electrons. The molecular formula is C60H46B2N2O2. The third kappa shape index (κ3) is 5.67. The van der Waals surface area contributed by atoms with Gasteiger partial charge in [-0.25, -0.2) is 0 Å². The third-order valence-corrected chi connectivity index (χ3v) is 14.4. The molecule has 0 spiro atoms. The van der Waals surface area contributed by atoms with Crippen LogP contribution < -0.4 is 52.1 Å². The Morgan fingerprint density at radius 1 is 0.333 bits per heavy atom. The van der Waals surface area contributed by atoms with Crippen LogP contribution in [0.2, 0.25) is 0 Å². The first-order valence-electron chi connectivity index (χ1n) is 23.1. The minimum atomic E-state index is -0.0788. The van der Waals surface area contributed by atoms with Crippen LogP contribution >= 0.6 is 0 Å². The molecule has 4 aliphatic heterocycles. The summed E-state index contributed by atoms with van der Waals surface area (Å²) in [5, 5.41) is 0. The zero-order chi connectivity index (χ0) is 44.5. The number of fused-ring (bicyclic) bond motifs is 8. The van der Waals surface area contributed by atoms with Crippen LogP contribution in [-0.2, 0) is 0 Å². The van der Waals surface area contributed by atoms with Gasteiger partial charge in [0.05, 0.1) is 0 Å². The van der Waals surface area contributed by atoms with E-state index >= 15 is 0 Å². The van der Waals surface area contributed by atoms with Crippen molar-refractivity contribution in [3.8, 4) is 45.3 Å². The first-order valence-corrected chi connectivity index (χ1v) is 23.1. The van der Waals surface area contributed by atoms with Gasteiger partial charge in [-0.05, 0) is 179 Å².